The number of carbonyl (C=O) groups excluding carboxylic acids is 3. The number of rotatable bonds is 4. The minimum Gasteiger partial charge on any atom is -0.445 e. The zero-order chi connectivity index (χ0) is 15.3. The second-order valence-electron chi connectivity index (χ2n) is 4.88. The van der Waals surface area contributed by atoms with E-state index in [0.717, 1.165) is 5.56 Å². The highest BCUT2D eigenvalue weighted by atomic mass is 16.6. The highest BCUT2D eigenvalue weighted by Crippen LogP contribution is 2.25. The van der Waals surface area contributed by atoms with Crippen molar-refractivity contribution in [3.05, 3.63) is 35.9 Å². The van der Waals surface area contributed by atoms with Crippen molar-refractivity contribution in [3.8, 4) is 0 Å². The van der Waals surface area contributed by atoms with Crippen molar-refractivity contribution in [1.82, 2.24) is 5.32 Å². The van der Waals surface area contributed by atoms with Crippen molar-refractivity contribution in [2.24, 2.45) is 0 Å². The smallest absolute Gasteiger partial charge is 0.408 e. The van der Waals surface area contributed by atoms with Gasteiger partial charge in [0.1, 0.15) is 12.1 Å². The normalized spacial score (nSPS) is 21.6. The summed E-state index contributed by atoms with van der Waals surface area (Å²) < 4.78 is 9.70. The highest BCUT2D eigenvalue weighted by molar-refractivity contribution is 5.96. The van der Waals surface area contributed by atoms with E-state index in [1.165, 1.54) is 0 Å². The lowest BCUT2D eigenvalue weighted by Crippen LogP contribution is -2.57. The van der Waals surface area contributed by atoms with Crippen LogP contribution in [0, 0.1) is 0 Å². The van der Waals surface area contributed by atoms with Gasteiger partial charge in [0, 0.05) is 6.42 Å². The second kappa shape index (κ2) is 6.39. The van der Waals surface area contributed by atoms with E-state index in [1.807, 2.05) is 30.3 Å². The van der Waals surface area contributed by atoms with E-state index >= 15 is 0 Å². The summed E-state index contributed by atoms with van der Waals surface area (Å²) >= 11 is 0. The Bertz CT molecular complexity index is 542. The third-order valence-electron chi connectivity index (χ3n) is 3.51. The maximum absolute atomic E-state index is 11.9. The lowest BCUT2D eigenvalue weighted by atomic mass is 9.89. The maximum atomic E-state index is 11.9. The first-order valence-corrected chi connectivity index (χ1v) is 6.80. The highest BCUT2D eigenvalue weighted by Gasteiger charge is 2.45. The topological polar surface area (TPSA) is 81.7 Å². The molecule has 0 aliphatic carbocycles. The number of carbonyl (C=O) groups is 3. The molecule has 1 saturated heterocycles. The fourth-order valence-corrected chi connectivity index (χ4v) is 2.15. The molecule has 1 aromatic rings. The molecule has 21 heavy (non-hydrogen) atoms. The minimum absolute atomic E-state index is 0.0958. The molecule has 6 nitrogen and oxygen atoms in total. The zero-order valence-electron chi connectivity index (χ0n) is 11.8. The first-order chi connectivity index (χ1) is 10.1. The molecule has 112 valence electrons. The SMILES string of the molecule is CC[C@]1(NC(=O)OCc2ccccc2)CCC(=O)OC1=O. The van der Waals surface area contributed by atoms with Gasteiger partial charge in [0.2, 0.25) is 0 Å². The van der Waals surface area contributed by atoms with E-state index in [9.17, 15) is 14.4 Å². The molecule has 1 N–H and O–H groups in total. The van der Waals surface area contributed by atoms with E-state index in [1.54, 1.807) is 6.92 Å². The van der Waals surface area contributed by atoms with Crippen LogP contribution in [0.3, 0.4) is 0 Å². The summed E-state index contributed by atoms with van der Waals surface area (Å²) in [6.45, 7) is 1.86. The molecular formula is C15H17NO5. The molecule has 1 aliphatic heterocycles. The first-order valence-electron chi connectivity index (χ1n) is 6.80. The molecule has 1 aromatic carbocycles. The Kier molecular flexibility index (Phi) is 4.57. The van der Waals surface area contributed by atoms with Crippen molar-refractivity contribution < 1.29 is 23.9 Å². The molecule has 0 spiro atoms. The molecule has 0 aromatic heterocycles. The number of hydrogen-bond acceptors (Lipinski definition) is 5. The number of esters is 2. The molecule has 1 fully saturated rings. The summed E-state index contributed by atoms with van der Waals surface area (Å²) in [6.07, 6.45) is -0.0494. The van der Waals surface area contributed by atoms with Crippen LogP contribution in [-0.2, 0) is 25.7 Å². The summed E-state index contributed by atoms with van der Waals surface area (Å²) in [5.74, 6) is -1.29. The van der Waals surface area contributed by atoms with E-state index < -0.39 is 23.6 Å². The number of cyclic esters (lactones) is 2. The molecule has 0 unspecified atom stereocenters. The van der Waals surface area contributed by atoms with E-state index in [2.05, 4.69) is 10.1 Å². The van der Waals surface area contributed by atoms with Crippen LogP contribution < -0.4 is 5.32 Å². The van der Waals surface area contributed by atoms with Gasteiger partial charge < -0.3 is 14.8 Å². The minimum atomic E-state index is -1.18. The van der Waals surface area contributed by atoms with Crippen LogP contribution in [0.4, 0.5) is 4.79 Å². The van der Waals surface area contributed by atoms with E-state index in [-0.39, 0.29) is 19.4 Å². The Labute approximate surface area is 122 Å². The fraction of sp³-hybridized carbons (Fsp3) is 0.400. The van der Waals surface area contributed by atoms with Gasteiger partial charge >= 0.3 is 18.0 Å². The summed E-state index contributed by atoms with van der Waals surface area (Å²) in [5, 5.41) is 2.53. The summed E-state index contributed by atoms with van der Waals surface area (Å²) in [6, 6.07) is 9.21. The number of ether oxygens (including phenoxy) is 2. The Hall–Kier alpha value is -2.37. The average molecular weight is 291 g/mol. The van der Waals surface area contributed by atoms with E-state index in [4.69, 9.17) is 4.74 Å². The van der Waals surface area contributed by atoms with Gasteiger partial charge in [-0.25, -0.2) is 9.59 Å². The number of alkyl carbamates (subject to hydrolysis) is 1. The Morgan fingerprint density at radius 1 is 1.33 bits per heavy atom. The maximum Gasteiger partial charge on any atom is 0.408 e. The van der Waals surface area contributed by atoms with Crippen LogP contribution in [0.25, 0.3) is 0 Å². The number of hydrogen-bond donors (Lipinski definition) is 1. The largest absolute Gasteiger partial charge is 0.445 e. The van der Waals surface area contributed by atoms with Gasteiger partial charge in [-0.1, -0.05) is 37.3 Å². The summed E-state index contributed by atoms with van der Waals surface area (Å²) in [5.41, 5.74) is -0.332. The van der Waals surface area contributed by atoms with Gasteiger partial charge in [-0.05, 0) is 18.4 Å². The third kappa shape index (κ3) is 3.59. The molecule has 0 radical (unpaired) electrons. The van der Waals surface area contributed by atoms with Gasteiger partial charge in [0.25, 0.3) is 0 Å². The van der Waals surface area contributed by atoms with Crippen LogP contribution in [-0.4, -0.2) is 23.6 Å². The Morgan fingerprint density at radius 3 is 2.67 bits per heavy atom. The van der Waals surface area contributed by atoms with Crippen molar-refractivity contribution >= 4 is 18.0 Å². The molecule has 1 aliphatic rings. The van der Waals surface area contributed by atoms with Gasteiger partial charge in [0.15, 0.2) is 0 Å². The van der Waals surface area contributed by atoms with Gasteiger partial charge in [-0.3, -0.25) is 4.79 Å². The standard InChI is InChI=1S/C15H17NO5/c1-2-15(9-8-12(17)21-13(15)18)16-14(19)20-10-11-6-4-3-5-7-11/h3-7H,2,8-10H2,1H3,(H,16,19)/t15-/m0/s1. The Balaban J connectivity index is 1.94. The number of amides is 1. The van der Waals surface area contributed by atoms with Crippen molar-refractivity contribution in [2.45, 2.75) is 38.3 Å². The van der Waals surface area contributed by atoms with Crippen molar-refractivity contribution in [1.29, 1.82) is 0 Å². The van der Waals surface area contributed by atoms with Crippen LogP contribution in [0.1, 0.15) is 31.7 Å². The molecule has 1 amide bonds. The van der Waals surface area contributed by atoms with Gasteiger partial charge in [-0.2, -0.15) is 0 Å². The van der Waals surface area contributed by atoms with Gasteiger partial charge in [-0.15, -0.1) is 0 Å². The van der Waals surface area contributed by atoms with Crippen LogP contribution in [0.5, 0.6) is 0 Å². The van der Waals surface area contributed by atoms with Crippen molar-refractivity contribution in [3.63, 3.8) is 0 Å². The predicted molar refractivity (Wildman–Crippen MR) is 73.1 cm³/mol. The molecule has 1 heterocycles. The van der Waals surface area contributed by atoms with Crippen LogP contribution >= 0.6 is 0 Å². The lowest BCUT2D eigenvalue weighted by Gasteiger charge is -2.33. The monoisotopic (exact) mass is 291 g/mol. The zero-order valence-corrected chi connectivity index (χ0v) is 11.8. The average Bonchev–Trinajstić information content (AvgIpc) is 2.49. The molecule has 0 saturated carbocycles. The van der Waals surface area contributed by atoms with Crippen molar-refractivity contribution in [2.75, 3.05) is 0 Å². The number of nitrogens with one attached hydrogen (secondary N) is 1. The molecule has 1 atom stereocenters. The number of benzene rings is 1. The molecule has 2 rings (SSSR count). The quantitative estimate of drug-likeness (QED) is 0.677. The predicted octanol–water partition coefficient (Wildman–Crippen LogP) is 1.93. The third-order valence-corrected chi connectivity index (χ3v) is 3.51. The van der Waals surface area contributed by atoms with E-state index in [0.29, 0.717) is 6.42 Å². The summed E-state index contributed by atoms with van der Waals surface area (Å²) in [7, 11) is 0. The second-order valence-corrected chi connectivity index (χ2v) is 4.88. The first kappa shape index (κ1) is 15.0. The Morgan fingerprint density at radius 2 is 2.05 bits per heavy atom. The van der Waals surface area contributed by atoms with Crippen LogP contribution in [0.15, 0.2) is 30.3 Å². The summed E-state index contributed by atoms with van der Waals surface area (Å²) in [4.78, 5) is 34.8. The lowest BCUT2D eigenvalue weighted by molar-refractivity contribution is -0.170. The van der Waals surface area contributed by atoms with Gasteiger partial charge in [0.05, 0.1) is 0 Å². The molecule has 6 heteroatoms. The molecule has 0 bridgehead atoms. The van der Waals surface area contributed by atoms with Crippen LogP contribution in [0.2, 0.25) is 0 Å². The fourth-order valence-electron chi connectivity index (χ4n) is 2.15. The molecular weight excluding hydrogens is 274 g/mol.